The van der Waals surface area contributed by atoms with E-state index in [-0.39, 0.29) is 5.69 Å². The number of piperidine rings is 1. The standard InChI is InChI=1S/C15H21F3N2/c1-10-4-3-5-11(2)20(10)9-12-6-7-13(19)8-14(12)15(16,17)18/h6-8,10-11H,3-5,9,19H2,1-2H3. The average Bonchev–Trinajstić information content (AvgIpc) is 2.34. The Morgan fingerprint density at radius 3 is 2.35 bits per heavy atom. The molecule has 1 heterocycles. The molecule has 1 aromatic carbocycles. The molecule has 1 aliphatic heterocycles. The number of halogens is 3. The molecule has 2 N–H and O–H groups in total. The van der Waals surface area contributed by atoms with Gasteiger partial charge in [0.2, 0.25) is 0 Å². The van der Waals surface area contributed by atoms with E-state index in [1.54, 1.807) is 6.07 Å². The first-order valence-electron chi connectivity index (χ1n) is 7.00. The van der Waals surface area contributed by atoms with Crippen molar-refractivity contribution in [2.45, 2.75) is 57.9 Å². The van der Waals surface area contributed by atoms with Gasteiger partial charge in [-0.15, -0.1) is 0 Å². The Morgan fingerprint density at radius 1 is 1.20 bits per heavy atom. The zero-order chi connectivity index (χ0) is 14.9. The highest BCUT2D eigenvalue weighted by molar-refractivity contribution is 5.46. The number of anilines is 1. The van der Waals surface area contributed by atoms with Gasteiger partial charge in [-0.05, 0) is 44.4 Å². The Labute approximate surface area is 117 Å². The van der Waals surface area contributed by atoms with Crippen LogP contribution < -0.4 is 5.73 Å². The predicted octanol–water partition coefficient (Wildman–Crippen LogP) is 4.05. The van der Waals surface area contributed by atoms with Crippen molar-refractivity contribution >= 4 is 5.69 Å². The van der Waals surface area contributed by atoms with Crippen LogP contribution in [0.5, 0.6) is 0 Å². The molecule has 0 bridgehead atoms. The maximum absolute atomic E-state index is 13.1. The molecule has 0 radical (unpaired) electrons. The third kappa shape index (κ3) is 3.26. The van der Waals surface area contributed by atoms with Gasteiger partial charge in [0, 0.05) is 24.3 Å². The van der Waals surface area contributed by atoms with Gasteiger partial charge in [0.25, 0.3) is 0 Å². The second-order valence-corrected chi connectivity index (χ2v) is 5.72. The first kappa shape index (κ1) is 15.2. The molecule has 1 aromatic rings. The molecule has 0 aromatic heterocycles. The van der Waals surface area contributed by atoms with Crippen molar-refractivity contribution in [3.8, 4) is 0 Å². The van der Waals surface area contributed by atoms with Crippen LogP contribution in [0.2, 0.25) is 0 Å². The number of nitrogen functional groups attached to an aromatic ring is 1. The van der Waals surface area contributed by atoms with E-state index in [1.165, 1.54) is 6.07 Å². The highest BCUT2D eigenvalue weighted by Crippen LogP contribution is 2.35. The number of benzene rings is 1. The van der Waals surface area contributed by atoms with Gasteiger partial charge in [-0.3, -0.25) is 4.90 Å². The van der Waals surface area contributed by atoms with Crippen LogP contribution in [-0.4, -0.2) is 17.0 Å². The van der Waals surface area contributed by atoms with E-state index in [1.807, 2.05) is 0 Å². The first-order chi connectivity index (χ1) is 9.29. The summed E-state index contributed by atoms with van der Waals surface area (Å²) in [5.41, 5.74) is 5.36. The van der Waals surface area contributed by atoms with Crippen LogP contribution in [0.15, 0.2) is 18.2 Å². The quantitative estimate of drug-likeness (QED) is 0.831. The van der Waals surface area contributed by atoms with E-state index in [2.05, 4.69) is 18.7 Å². The number of rotatable bonds is 2. The van der Waals surface area contributed by atoms with E-state index < -0.39 is 11.7 Å². The van der Waals surface area contributed by atoms with E-state index >= 15 is 0 Å². The van der Waals surface area contributed by atoms with Crippen molar-refractivity contribution in [1.29, 1.82) is 0 Å². The van der Waals surface area contributed by atoms with Gasteiger partial charge in [-0.25, -0.2) is 0 Å². The van der Waals surface area contributed by atoms with Crippen LogP contribution in [0, 0.1) is 0 Å². The summed E-state index contributed by atoms with van der Waals surface area (Å²) in [6, 6.07) is 4.72. The third-order valence-electron chi connectivity index (χ3n) is 4.17. The number of likely N-dealkylation sites (tertiary alicyclic amines) is 1. The van der Waals surface area contributed by atoms with Crippen molar-refractivity contribution < 1.29 is 13.2 Å². The minimum atomic E-state index is -4.35. The second-order valence-electron chi connectivity index (χ2n) is 5.72. The molecule has 2 unspecified atom stereocenters. The highest BCUT2D eigenvalue weighted by Gasteiger charge is 2.35. The van der Waals surface area contributed by atoms with Crippen molar-refractivity contribution in [2.24, 2.45) is 0 Å². The lowest BCUT2D eigenvalue weighted by atomic mass is 9.95. The smallest absolute Gasteiger partial charge is 0.399 e. The zero-order valence-corrected chi connectivity index (χ0v) is 11.9. The van der Waals surface area contributed by atoms with Gasteiger partial charge < -0.3 is 5.73 Å². The Balaban J connectivity index is 2.29. The number of alkyl halides is 3. The number of hydrogen-bond donors (Lipinski definition) is 1. The van der Waals surface area contributed by atoms with Crippen molar-refractivity contribution in [3.05, 3.63) is 29.3 Å². The summed E-state index contributed by atoms with van der Waals surface area (Å²) in [6.07, 6.45) is -1.12. The Kier molecular flexibility index (Phi) is 4.28. The molecule has 2 nitrogen and oxygen atoms in total. The van der Waals surface area contributed by atoms with Gasteiger partial charge in [0.05, 0.1) is 5.56 Å². The van der Waals surface area contributed by atoms with Crippen LogP contribution in [-0.2, 0) is 12.7 Å². The van der Waals surface area contributed by atoms with Gasteiger partial charge in [-0.1, -0.05) is 12.5 Å². The molecule has 1 aliphatic rings. The Bertz CT molecular complexity index is 461. The number of hydrogen-bond acceptors (Lipinski definition) is 2. The largest absolute Gasteiger partial charge is 0.416 e. The lowest BCUT2D eigenvalue weighted by Gasteiger charge is -2.39. The topological polar surface area (TPSA) is 29.3 Å². The van der Waals surface area contributed by atoms with E-state index in [9.17, 15) is 13.2 Å². The lowest BCUT2D eigenvalue weighted by molar-refractivity contribution is -0.138. The SMILES string of the molecule is CC1CCCC(C)N1Cc1ccc(N)cc1C(F)(F)F. The summed E-state index contributed by atoms with van der Waals surface area (Å²) in [5, 5.41) is 0. The molecule has 20 heavy (non-hydrogen) atoms. The van der Waals surface area contributed by atoms with Crippen molar-refractivity contribution in [3.63, 3.8) is 0 Å². The van der Waals surface area contributed by atoms with Gasteiger partial charge >= 0.3 is 6.18 Å². The van der Waals surface area contributed by atoms with Crippen LogP contribution in [0.1, 0.15) is 44.2 Å². The molecule has 1 fully saturated rings. The summed E-state index contributed by atoms with van der Waals surface area (Å²) in [5.74, 6) is 0. The summed E-state index contributed by atoms with van der Waals surface area (Å²) in [7, 11) is 0. The summed E-state index contributed by atoms with van der Waals surface area (Å²) in [4.78, 5) is 2.16. The molecule has 0 spiro atoms. The minimum Gasteiger partial charge on any atom is -0.399 e. The monoisotopic (exact) mass is 286 g/mol. The molecule has 1 saturated heterocycles. The molecule has 5 heteroatoms. The zero-order valence-electron chi connectivity index (χ0n) is 11.9. The lowest BCUT2D eigenvalue weighted by Crippen LogP contribution is -2.43. The summed E-state index contributed by atoms with van der Waals surface area (Å²) < 4.78 is 39.3. The molecule has 0 saturated carbocycles. The van der Waals surface area contributed by atoms with Gasteiger partial charge in [-0.2, -0.15) is 13.2 Å². The van der Waals surface area contributed by atoms with Crippen LogP contribution in [0.4, 0.5) is 18.9 Å². The third-order valence-corrected chi connectivity index (χ3v) is 4.17. The van der Waals surface area contributed by atoms with Crippen LogP contribution >= 0.6 is 0 Å². The van der Waals surface area contributed by atoms with Gasteiger partial charge in [0.1, 0.15) is 0 Å². The molecule has 2 atom stereocenters. The fourth-order valence-corrected chi connectivity index (χ4v) is 2.98. The Morgan fingerprint density at radius 2 is 1.80 bits per heavy atom. The predicted molar refractivity (Wildman–Crippen MR) is 74.2 cm³/mol. The molecular formula is C15H21F3N2. The van der Waals surface area contributed by atoms with Crippen molar-refractivity contribution in [1.82, 2.24) is 4.90 Å². The summed E-state index contributed by atoms with van der Waals surface area (Å²) in [6.45, 7) is 4.50. The van der Waals surface area contributed by atoms with Crippen LogP contribution in [0.3, 0.4) is 0 Å². The van der Waals surface area contributed by atoms with Crippen molar-refractivity contribution in [2.75, 3.05) is 5.73 Å². The van der Waals surface area contributed by atoms with Crippen LogP contribution in [0.25, 0.3) is 0 Å². The fraction of sp³-hybridized carbons (Fsp3) is 0.600. The second kappa shape index (κ2) is 5.64. The van der Waals surface area contributed by atoms with Gasteiger partial charge in [0.15, 0.2) is 0 Å². The normalized spacial score (nSPS) is 24.9. The highest BCUT2D eigenvalue weighted by atomic mass is 19.4. The first-order valence-corrected chi connectivity index (χ1v) is 7.00. The maximum Gasteiger partial charge on any atom is 0.416 e. The average molecular weight is 286 g/mol. The van der Waals surface area contributed by atoms with E-state index in [0.717, 1.165) is 25.3 Å². The Hall–Kier alpha value is -1.23. The fourth-order valence-electron chi connectivity index (χ4n) is 2.98. The molecule has 2 rings (SSSR count). The molecule has 0 aliphatic carbocycles. The number of nitrogens with zero attached hydrogens (tertiary/aromatic N) is 1. The summed E-state index contributed by atoms with van der Waals surface area (Å²) >= 11 is 0. The number of nitrogens with two attached hydrogens (primary N) is 1. The minimum absolute atomic E-state index is 0.154. The van der Waals surface area contributed by atoms with E-state index in [0.29, 0.717) is 24.2 Å². The molecular weight excluding hydrogens is 265 g/mol. The molecule has 112 valence electrons. The van der Waals surface area contributed by atoms with E-state index in [4.69, 9.17) is 5.73 Å². The molecule has 0 amide bonds. The maximum atomic E-state index is 13.1.